The van der Waals surface area contributed by atoms with Gasteiger partial charge in [0, 0.05) is 18.8 Å². The molecule has 0 unspecified atom stereocenters. The molecule has 3 rings (SSSR count). The summed E-state index contributed by atoms with van der Waals surface area (Å²) in [6.45, 7) is 4.28. The zero-order chi connectivity index (χ0) is 15.5. The Morgan fingerprint density at radius 2 is 2.14 bits per heavy atom. The Hall–Kier alpha value is -2.21. The van der Waals surface area contributed by atoms with Crippen LogP contribution in [0, 0.1) is 0 Å². The van der Waals surface area contributed by atoms with E-state index < -0.39 is 0 Å². The van der Waals surface area contributed by atoms with Gasteiger partial charge in [-0.3, -0.25) is 4.68 Å². The summed E-state index contributed by atoms with van der Waals surface area (Å²) in [6.07, 6.45) is 3.89. The molecule has 0 radical (unpaired) electrons. The highest BCUT2D eigenvalue weighted by molar-refractivity contribution is 5.48. The normalized spacial score (nSPS) is 14.4. The molecule has 6 nitrogen and oxygen atoms in total. The number of ether oxygens (including phenoxy) is 2. The Morgan fingerprint density at radius 3 is 2.95 bits per heavy atom. The summed E-state index contributed by atoms with van der Waals surface area (Å²) in [6, 6.07) is 6.20. The zero-order valence-corrected chi connectivity index (χ0v) is 13.2. The SMILES string of the molecule is C[C@H](Nc1cnn(CCN(C)C)c1)c1ccc2c(c1)OCO2. The second-order valence-corrected chi connectivity index (χ2v) is 5.77. The molecule has 1 aromatic heterocycles. The number of fused-ring (bicyclic) bond motifs is 1. The molecule has 0 aliphatic carbocycles. The van der Waals surface area contributed by atoms with E-state index in [-0.39, 0.29) is 6.04 Å². The van der Waals surface area contributed by atoms with Gasteiger partial charge >= 0.3 is 0 Å². The third-order valence-electron chi connectivity index (χ3n) is 3.69. The van der Waals surface area contributed by atoms with Gasteiger partial charge in [-0.05, 0) is 38.7 Å². The van der Waals surface area contributed by atoms with E-state index in [4.69, 9.17) is 9.47 Å². The minimum atomic E-state index is 0.168. The number of nitrogens with zero attached hydrogens (tertiary/aromatic N) is 3. The summed E-state index contributed by atoms with van der Waals surface area (Å²) in [5.74, 6) is 1.63. The van der Waals surface area contributed by atoms with E-state index >= 15 is 0 Å². The van der Waals surface area contributed by atoms with Crippen molar-refractivity contribution in [2.75, 3.05) is 32.7 Å². The highest BCUT2D eigenvalue weighted by Gasteiger charge is 2.16. The number of nitrogens with one attached hydrogen (secondary N) is 1. The Balaban J connectivity index is 1.63. The third kappa shape index (κ3) is 3.33. The lowest BCUT2D eigenvalue weighted by molar-refractivity contribution is 0.174. The number of hydrogen-bond donors (Lipinski definition) is 1. The number of aromatic nitrogens is 2. The predicted molar refractivity (Wildman–Crippen MR) is 85.4 cm³/mol. The molecule has 22 heavy (non-hydrogen) atoms. The van der Waals surface area contributed by atoms with Gasteiger partial charge in [0.1, 0.15) is 0 Å². The maximum atomic E-state index is 5.43. The highest BCUT2D eigenvalue weighted by atomic mass is 16.7. The fourth-order valence-electron chi connectivity index (χ4n) is 2.38. The van der Waals surface area contributed by atoms with Crippen LogP contribution in [-0.2, 0) is 6.54 Å². The first-order chi connectivity index (χ1) is 10.6. The molecule has 2 heterocycles. The lowest BCUT2D eigenvalue weighted by Crippen LogP contribution is -2.18. The topological polar surface area (TPSA) is 51.6 Å². The van der Waals surface area contributed by atoms with Crippen molar-refractivity contribution in [2.45, 2.75) is 19.5 Å². The summed E-state index contributed by atoms with van der Waals surface area (Å²) in [7, 11) is 4.12. The summed E-state index contributed by atoms with van der Waals surface area (Å²) in [5.41, 5.74) is 2.18. The van der Waals surface area contributed by atoms with Crippen LogP contribution in [0.2, 0.25) is 0 Å². The van der Waals surface area contributed by atoms with Gasteiger partial charge in [0.05, 0.1) is 18.4 Å². The van der Waals surface area contributed by atoms with Crippen molar-refractivity contribution in [2.24, 2.45) is 0 Å². The lowest BCUT2D eigenvalue weighted by Gasteiger charge is -2.14. The van der Waals surface area contributed by atoms with Gasteiger partial charge < -0.3 is 19.7 Å². The molecule has 0 bridgehead atoms. The summed E-state index contributed by atoms with van der Waals surface area (Å²) in [5, 5.41) is 7.84. The van der Waals surface area contributed by atoms with Gasteiger partial charge in [0.15, 0.2) is 11.5 Å². The third-order valence-corrected chi connectivity index (χ3v) is 3.69. The van der Waals surface area contributed by atoms with Crippen molar-refractivity contribution >= 4 is 5.69 Å². The Labute approximate surface area is 130 Å². The first kappa shape index (κ1) is 14.7. The van der Waals surface area contributed by atoms with Crippen molar-refractivity contribution in [3.05, 3.63) is 36.2 Å². The van der Waals surface area contributed by atoms with Crippen LogP contribution in [0.1, 0.15) is 18.5 Å². The molecule has 0 amide bonds. The Bertz CT molecular complexity index is 639. The average molecular weight is 302 g/mol. The maximum absolute atomic E-state index is 5.43. The molecule has 1 aliphatic rings. The molecule has 0 fully saturated rings. The van der Waals surface area contributed by atoms with Crippen LogP contribution in [0.4, 0.5) is 5.69 Å². The molecule has 6 heteroatoms. The maximum Gasteiger partial charge on any atom is 0.231 e. The van der Waals surface area contributed by atoms with Gasteiger partial charge in [-0.1, -0.05) is 6.07 Å². The number of anilines is 1. The van der Waals surface area contributed by atoms with Gasteiger partial charge in [-0.2, -0.15) is 5.10 Å². The van der Waals surface area contributed by atoms with Crippen LogP contribution in [0.5, 0.6) is 11.5 Å². The molecule has 1 N–H and O–H groups in total. The molecule has 1 aliphatic heterocycles. The molecule has 2 aromatic rings. The van der Waals surface area contributed by atoms with Gasteiger partial charge in [0.25, 0.3) is 0 Å². The minimum Gasteiger partial charge on any atom is -0.454 e. The number of hydrogen-bond acceptors (Lipinski definition) is 5. The van der Waals surface area contributed by atoms with Crippen LogP contribution in [0.15, 0.2) is 30.6 Å². The van der Waals surface area contributed by atoms with E-state index in [1.807, 2.05) is 29.2 Å². The quantitative estimate of drug-likeness (QED) is 0.887. The lowest BCUT2D eigenvalue weighted by atomic mass is 10.1. The first-order valence-corrected chi connectivity index (χ1v) is 7.45. The highest BCUT2D eigenvalue weighted by Crippen LogP contribution is 2.34. The molecule has 0 spiro atoms. The molecular weight excluding hydrogens is 280 g/mol. The van der Waals surface area contributed by atoms with Crippen LogP contribution < -0.4 is 14.8 Å². The average Bonchev–Trinajstić information content (AvgIpc) is 3.12. The molecule has 1 aromatic carbocycles. The number of likely N-dealkylation sites (N-methyl/N-ethyl adjacent to an activating group) is 1. The van der Waals surface area contributed by atoms with E-state index in [0.717, 1.165) is 35.8 Å². The molecular formula is C16H22N4O2. The number of benzene rings is 1. The van der Waals surface area contributed by atoms with E-state index in [1.165, 1.54) is 0 Å². The molecule has 0 saturated heterocycles. The fourth-order valence-corrected chi connectivity index (χ4v) is 2.38. The first-order valence-electron chi connectivity index (χ1n) is 7.45. The van der Waals surface area contributed by atoms with Crippen molar-refractivity contribution in [1.29, 1.82) is 0 Å². The molecule has 1 atom stereocenters. The monoisotopic (exact) mass is 302 g/mol. The number of rotatable bonds is 6. The summed E-state index contributed by atoms with van der Waals surface area (Å²) >= 11 is 0. The summed E-state index contributed by atoms with van der Waals surface area (Å²) < 4.78 is 12.7. The summed E-state index contributed by atoms with van der Waals surface area (Å²) in [4.78, 5) is 2.14. The van der Waals surface area contributed by atoms with Crippen molar-refractivity contribution < 1.29 is 9.47 Å². The van der Waals surface area contributed by atoms with Crippen molar-refractivity contribution in [3.63, 3.8) is 0 Å². The largest absolute Gasteiger partial charge is 0.454 e. The van der Waals surface area contributed by atoms with Crippen molar-refractivity contribution in [1.82, 2.24) is 14.7 Å². The minimum absolute atomic E-state index is 0.168. The molecule has 0 saturated carbocycles. The van der Waals surface area contributed by atoms with Crippen LogP contribution in [0.3, 0.4) is 0 Å². The second kappa shape index (κ2) is 6.27. The van der Waals surface area contributed by atoms with Gasteiger partial charge in [-0.25, -0.2) is 0 Å². The Kier molecular flexibility index (Phi) is 4.20. The van der Waals surface area contributed by atoms with E-state index in [2.05, 4.69) is 42.4 Å². The van der Waals surface area contributed by atoms with E-state index in [0.29, 0.717) is 6.79 Å². The van der Waals surface area contributed by atoms with E-state index in [1.54, 1.807) is 0 Å². The van der Waals surface area contributed by atoms with Gasteiger partial charge in [0.2, 0.25) is 6.79 Å². The fraction of sp³-hybridized carbons (Fsp3) is 0.438. The van der Waals surface area contributed by atoms with Crippen molar-refractivity contribution in [3.8, 4) is 11.5 Å². The van der Waals surface area contributed by atoms with Gasteiger partial charge in [-0.15, -0.1) is 0 Å². The van der Waals surface area contributed by atoms with Crippen LogP contribution in [0.25, 0.3) is 0 Å². The Morgan fingerprint density at radius 1 is 1.32 bits per heavy atom. The zero-order valence-electron chi connectivity index (χ0n) is 13.2. The standard InChI is InChI=1S/C16H22N4O2/c1-12(13-4-5-15-16(8-13)22-11-21-15)18-14-9-17-20(10-14)7-6-19(2)3/h4-5,8-10,12,18H,6-7,11H2,1-3H3/t12-/m0/s1. The second-order valence-electron chi connectivity index (χ2n) is 5.77. The predicted octanol–water partition coefficient (Wildman–Crippen LogP) is 2.35. The smallest absolute Gasteiger partial charge is 0.231 e. The molecule has 118 valence electrons. The van der Waals surface area contributed by atoms with Crippen LogP contribution >= 0.6 is 0 Å². The van der Waals surface area contributed by atoms with E-state index in [9.17, 15) is 0 Å². The van der Waals surface area contributed by atoms with Crippen LogP contribution in [-0.4, -0.2) is 42.1 Å².